The molecule has 0 radical (unpaired) electrons. The van der Waals surface area contributed by atoms with Gasteiger partial charge in [-0.25, -0.2) is 4.79 Å². The topological polar surface area (TPSA) is 76.0 Å². The van der Waals surface area contributed by atoms with Crippen molar-refractivity contribution in [2.75, 3.05) is 0 Å². The molecule has 3 atom stereocenters. The Balaban J connectivity index is 1.92. The van der Waals surface area contributed by atoms with Gasteiger partial charge in [0.05, 0.1) is 10.3 Å². The summed E-state index contributed by atoms with van der Waals surface area (Å²) >= 11 is 1.54. The van der Waals surface area contributed by atoms with Crippen molar-refractivity contribution in [2.24, 2.45) is 10.9 Å². The minimum Gasteiger partial charge on any atom is -0.478 e. The summed E-state index contributed by atoms with van der Waals surface area (Å²) in [5.74, 6) is -1.40. The second kappa shape index (κ2) is 5.51. The summed E-state index contributed by atoms with van der Waals surface area (Å²) in [6.07, 6.45) is 7.52. The summed E-state index contributed by atoms with van der Waals surface area (Å²) in [5.41, 5.74) is 0.742. The lowest BCUT2D eigenvalue weighted by atomic mass is 9.73. The molecule has 5 nitrogen and oxygen atoms in total. The summed E-state index contributed by atoms with van der Waals surface area (Å²) in [6, 6.07) is 0. The average molecular weight is 335 g/mol. The highest BCUT2D eigenvalue weighted by molar-refractivity contribution is 8.03. The molecular formula is C17H21NO4S. The summed E-state index contributed by atoms with van der Waals surface area (Å²) in [6.45, 7) is 5.53. The molecule has 3 rings (SSSR count). The third-order valence-electron chi connectivity index (χ3n) is 4.40. The lowest BCUT2D eigenvalue weighted by Gasteiger charge is -2.39. The number of hydrogen-bond donors (Lipinski definition) is 1. The molecule has 6 heteroatoms. The van der Waals surface area contributed by atoms with Gasteiger partial charge in [0.25, 0.3) is 0 Å². The summed E-state index contributed by atoms with van der Waals surface area (Å²) in [7, 11) is 0. The monoisotopic (exact) mass is 335 g/mol. The smallest absolute Gasteiger partial charge is 0.333 e. The molecule has 2 heterocycles. The van der Waals surface area contributed by atoms with Crippen LogP contribution in [0.1, 0.15) is 40.0 Å². The fraction of sp³-hybridized carbons (Fsp3) is 0.588. The van der Waals surface area contributed by atoms with E-state index >= 15 is 0 Å². The number of carbonyl (C=O) groups is 2. The molecule has 0 aromatic heterocycles. The molecule has 124 valence electrons. The van der Waals surface area contributed by atoms with E-state index in [1.807, 2.05) is 20.8 Å². The van der Waals surface area contributed by atoms with Gasteiger partial charge in [0.15, 0.2) is 0 Å². The average Bonchev–Trinajstić information content (AvgIpc) is 2.82. The molecule has 1 aliphatic carbocycles. The first-order valence-corrected chi connectivity index (χ1v) is 8.67. The van der Waals surface area contributed by atoms with Crippen molar-refractivity contribution in [3.63, 3.8) is 0 Å². The predicted molar refractivity (Wildman–Crippen MR) is 89.6 cm³/mol. The van der Waals surface area contributed by atoms with Gasteiger partial charge >= 0.3 is 11.9 Å². The van der Waals surface area contributed by atoms with Gasteiger partial charge in [-0.2, -0.15) is 0 Å². The van der Waals surface area contributed by atoms with Crippen LogP contribution in [-0.4, -0.2) is 38.4 Å². The molecule has 1 N–H and O–H groups in total. The van der Waals surface area contributed by atoms with E-state index in [0.717, 1.165) is 5.71 Å². The fourth-order valence-corrected chi connectivity index (χ4v) is 5.28. The highest BCUT2D eigenvalue weighted by atomic mass is 32.2. The summed E-state index contributed by atoms with van der Waals surface area (Å²) in [5, 5.41) is 9.15. The van der Waals surface area contributed by atoms with Gasteiger partial charge in [-0.1, -0.05) is 12.2 Å². The molecule has 0 saturated carbocycles. The van der Waals surface area contributed by atoms with Crippen LogP contribution in [0.2, 0.25) is 0 Å². The number of rotatable bonds is 2. The third-order valence-corrected chi connectivity index (χ3v) is 6.18. The Morgan fingerprint density at radius 3 is 2.78 bits per heavy atom. The minimum absolute atomic E-state index is 0.194. The van der Waals surface area contributed by atoms with Crippen molar-refractivity contribution >= 4 is 29.4 Å². The molecule has 0 aromatic carbocycles. The Labute approximate surface area is 139 Å². The van der Waals surface area contributed by atoms with E-state index in [1.165, 1.54) is 18.0 Å². The zero-order valence-corrected chi connectivity index (χ0v) is 14.4. The third kappa shape index (κ3) is 2.84. The molecule has 1 saturated heterocycles. The molecule has 0 bridgehead atoms. The number of aliphatic imine (C=N–C) groups is 1. The first kappa shape index (κ1) is 16.3. The Morgan fingerprint density at radius 2 is 2.13 bits per heavy atom. The Hall–Kier alpha value is -1.56. The molecule has 2 aliphatic heterocycles. The molecule has 23 heavy (non-hydrogen) atoms. The molecule has 0 amide bonds. The number of carboxylic acids is 1. The van der Waals surface area contributed by atoms with Crippen molar-refractivity contribution in [2.45, 2.75) is 55.6 Å². The van der Waals surface area contributed by atoms with Gasteiger partial charge in [-0.05, 0) is 33.6 Å². The quantitative estimate of drug-likeness (QED) is 0.620. The van der Waals surface area contributed by atoms with Crippen LogP contribution in [0.5, 0.6) is 0 Å². The lowest BCUT2D eigenvalue weighted by molar-refractivity contribution is -0.154. The molecule has 1 spiro atoms. The van der Waals surface area contributed by atoms with E-state index in [4.69, 9.17) is 4.74 Å². The normalized spacial score (nSPS) is 32.5. The second-order valence-corrected chi connectivity index (χ2v) is 8.70. The number of ether oxygens (including phenoxy) is 1. The maximum atomic E-state index is 12.5. The van der Waals surface area contributed by atoms with Crippen LogP contribution in [0.15, 0.2) is 28.9 Å². The largest absolute Gasteiger partial charge is 0.478 e. The summed E-state index contributed by atoms with van der Waals surface area (Å²) in [4.78, 5) is 28.5. The SMILES string of the molecule is CC(C)(C)OC(=O)C1CC2C(C(=O)O)=CN=C3CC=CCC32S1. The zero-order valence-electron chi connectivity index (χ0n) is 13.5. The number of carbonyl (C=O) groups excluding carboxylic acids is 1. The molecule has 3 aliphatic rings. The Morgan fingerprint density at radius 1 is 1.39 bits per heavy atom. The van der Waals surface area contributed by atoms with Crippen LogP contribution in [0, 0.1) is 5.92 Å². The highest BCUT2D eigenvalue weighted by Gasteiger charge is 2.57. The first-order chi connectivity index (χ1) is 10.7. The molecule has 1 fully saturated rings. The van der Waals surface area contributed by atoms with Crippen molar-refractivity contribution in [3.8, 4) is 0 Å². The molecular weight excluding hydrogens is 314 g/mol. The maximum absolute atomic E-state index is 12.5. The van der Waals surface area contributed by atoms with Crippen LogP contribution in [0.25, 0.3) is 0 Å². The number of esters is 1. The Kier molecular flexibility index (Phi) is 3.91. The van der Waals surface area contributed by atoms with Crippen molar-refractivity contribution in [3.05, 3.63) is 23.9 Å². The van der Waals surface area contributed by atoms with E-state index in [-0.39, 0.29) is 17.1 Å². The second-order valence-electron chi connectivity index (χ2n) is 7.16. The lowest BCUT2D eigenvalue weighted by Crippen LogP contribution is -2.44. The van der Waals surface area contributed by atoms with E-state index in [1.54, 1.807) is 0 Å². The van der Waals surface area contributed by atoms with Crippen LogP contribution in [-0.2, 0) is 14.3 Å². The Bertz CT molecular complexity index is 643. The van der Waals surface area contributed by atoms with Crippen molar-refractivity contribution < 1.29 is 19.4 Å². The van der Waals surface area contributed by atoms with Crippen LogP contribution < -0.4 is 0 Å². The molecule has 0 aromatic rings. The fourth-order valence-electron chi connectivity index (χ4n) is 3.49. The summed E-state index contributed by atoms with van der Waals surface area (Å²) < 4.78 is 5.11. The van der Waals surface area contributed by atoms with Gasteiger partial charge < -0.3 is 9.84 Å². The highest BCUT2D eigenvalue weighted by Crippen LogP contribution is 2.57. The number of aliphatic carboxylic acids is 1. The number of carboxylic acid groups (broad SMARTS) is 1. The van der Waals surface area contributed by atoms with E-state index < -0.39 is 16.3 Å². The van der Waals surface area contributed by atoms with Gasteiger partial charge in [-0.3, -0.25) is 9.79 Å². The maximum Gasteiger partial charge on any atom is 0.333 e. The number of thioether (sulfide) groups is 1. The number of nitrogens with zero attached hydrogens (tertiary/aromatic N) is 1. The van der Waals surface area contributed by atoms with Crippen LogP contribution in [0.4, 0.5) is 0 Å². The van der Waals surface area contributed by atoms with Gasteiger partial charge in [0.1, 0.15) is 10.9 Å². The minimum atomic E-state index is -0.947. The standard InChI is InChI=1S/C17H21NO4S/c1-16(2,3)22-15(21)12-8-11-10(14(19)20)9-18-13-6-4-5-7-17(11,13)23-12/h4-5,9,11-12H,6-8H2,1-3H3,(H,19,20). The number of hydrogen-bond acceptors (Lipinski definition) is 5. The van der Waals surface area contributed by atoms with Gasteiger partial charge in [0.2, 0.25) is 0 Å². The first-order valence-electron chi connectivity index (χ1n) is 7.79. The van der Waals surface area contributed by atoms with Crippen LogP contribution >= 0.6 is 11.8 Å². The van der Waals surface area contributed by atoms with Crippen molar-refractivity contribution in [1.29, 1.82) is 0 Å². The van der Waals surface area contributed by atoms with Gasteiger partial charge in [0, 0.05) is 24.3 Å². The number of allylic oxidation sites excluding steroid dienone is 2. The van der Waals surface area contributed by atoms with E-state index in [2.05, 4.69) is 17.1 Å². The molecule has 3 unspecified atom stereocenters. The van der Waals surface area contributed by atoms with E-state index in [0.29, 0.717) is 24.8 Å². The van der Waals surface area contributed by atoms with E-state index in [9.17, 15) is 14.7 Å². The van der Waals surface area contributed by atoms with Gasteiger partial charge in [-0.15, -0.1) is 11.8 Å². The predicted octanol–water partition coefficient (Wildman–Crippen LogP) is 2.96. The van der Waals surface area contributed by atoms with Crippen LogP contribution in [0.3, 0.4) is 0 Å². The van der Waals surface area contributed by atoms with Crippen molar-refractivity contribution in [1.82, 2.24) is 0 Å². The zero-order chi connectivity index (χ0) is 16.8.